The fourth-order valence-corrected chi connectivity index (χ4v) is 2.35. The molecule has 2 heterocycles. The van der Waals surface area contributed by atoms with Crippen molar-refractivity contribution < 1.29 is 0 Å². The SMILES string of the molecule is CN1NC(Br)c2nc(Cl)nc(Cl)c21. The molecule has 0 saturated heterocycles. The monoisotopic (exact) mass is 282 g/mol. The average molecular weight is 284 g/mol. The van der Waals surface area contributed by atoms with E-state index in [1.807, 2.05) is 7.05 Å². The van der Waals surface area contributed by atoms with Gasteiger partial charge in [-0.05, 0) is 11.6 Å². The second-order valence-electron chi connectivity index (χ2n) is 2.57. The maximum Gasteiger partial charge on any atom is 0.224 e. The Kier molecular flexibility index (Phi) is 2.35. The number of hydrogen-bond donors (Lipinski definition) is 1. The number of rotatable bonds is 0. The van der Waals surface area contributed by atoms with Gasteiger partial charge in [-0.15, -0.1) is 0 Å². The van der Waals surface area contributed by atoms with E-state index >= 15 is 0 Å². The van der Waals surface area contributed by atoms with Gasteiger partial charge < -0.3 is 5.01 Å². The quantitative estimate of drug-likeness (QED) is 0.343. The highest BCUT2D eigenvalue weighted by molar-refractivity contribution is 9.09. The van der Waals surface area contributed by atoms with Crippen molar-refractivity contribution in [3.8, 4) is 0 Å². The standard InChI is InChI=1S/C6H5BrCl2N4/c1-13-3-2(4(7)12-13)10-6(9)11-5(3)8/h4,12H,1H3. The smallest absolute Gasteiger partial charge is 0.224 e. The van der Waals surface area contributed by atoms with E-state index in [9.17, 15) is 0 Å². The van der Waals surface area contributed by atoms with Gasteiger partial charge in [0.05, 0.1) is 0 Å². The summed E-state index contributed by atoms with van der Waals surface area (Å²) >= 11 is 15.0. The van der Waals surface area contributed by atoms with Crippen LogP contribution in [0.15, 0.2) is 0 Å². The predicted octanol–water partition coefficient (Wildman–Crippen LogP) is 2.13. The first kappa shape index (κ1) is 9.45. The number of nitrogens with one attached hydrogen (secondary N) is 1. The summed E-state index contributed by atoms with van der Waals surface area (Å²) in [7, 11) is 1.84. The molecule has 1 aromatic heterocycles. The van der Waals surface area contributed by atoms with Crippen LogP contribution in [0.3, 0.4) is 0 Å². The Hall–Kier alpha value is -0.100. The van der Waals surface area contributed by atoms with E-state index < -0.39 is 0 Å². The molecule has 13 heavy (non-hydrogen) atoms. The lowest BCUT2D eigenvalue weighted by molar-refractivity contribution is 0.722. The third-order valence-electron chi connectivity index (χ3n) is 1.72. The van der Waals surface area contributed by atoms with Crippen molar-refractivity contribution in [1.82, 2.24) is 15.4 Å². The van der Waals surface area contributed by atoms with E-state index in [0.717, 1.165) is 11.4 Å². The van der Waals surface area contributed by atoms with E-state index in [-0.39, 0.29) is 10.2 Å². The van der Waals surface area contributed by atoms with Crippen LogP contribution in [0.5, 0.6) is 0 Å². The lowest BCUT2D eigenvalue weighted by atomic mass is 10.4. The second-order valence-corrected chi connectivity index (χ2v) is 4.18. The summed E-state index contributed by atoms with van der Waals surface area (Å²) in [6.07, 6.45) is 0. The molecule has 0 amide bonds. The van der Waals surface area contributed by atoms with Gasteiger partial charge in [0.15, 0.2) is 5.15 Å². The number of hydrazine groups is 1. The first-order valence-corrected chi connectivity index (χ1v) is 5.13. The van der Waals surface area contributed by atoms with E-state index in [0.29, 0.717) is 5.15 Å². The Bertz CT molecular complexity index is 359. The van der Waals surface area contributed by atoms with Crippen LogP contribution >= 0.6 is 39.1 Å². The third-order valence-corrected chi connectivity index (χ3v) is 2.79. The Balaban J connectivity index is 2.63. The van der Waals surface area contributed by atoms with E-state index in [1.54, 1.807) is 5.01 Å². The fourth-order valence-electron chi connectivity index (χ4n) is 1.20. The Morgan fingerprint density at radius 2 is 2.15 bits per heavy atom. The van der Waals surface area contributed by atoms with Crippen LogP contribution in [0, 0.1) is 0 Å². The highest BCUT2D eigenvalue weighted by Crippen LogP contribution is 2.38. The predicted molar refractivity (Wildman–Crippen MR) is 55.3 cm³/mol. The van der Waals surface area contributed by atoms with Crippen molar-refractivity contribution in [3.05, 3.63) is 16.1 Å². The summed E-state index contributed by atoms with van der Waals surface area (Å²) in [5.41, 5.74) is 4.57. The summed E-state index contributed by atoms with van der Waals surface area (Å²) in [6.45, 7) is 0. The maximum atomic E-state index is 5.90. The van der Waals surface area contributed by atoms with Gasteiger partial charge in [0.2, 0.25) is 5.28 Å². The zero-order chi connectivity index (χ0) is 9.59. The Labute approximate surface area is 93.3 Å². The number of halogens is 3. The summed E-state index contributed by atoms with van der Waals surface area (Å²) < 4.78 is 0. The molecule has 0 spiro atoms. The molecule has 0 saturated carbocycles. The average Bonchev–Trinajstić information content (AvgIpc) is 2.27. The van der Waals surface area contributed by atoms with Gasteiger partial charge in [-0.1, -0.05) is 27.5 Å². The maximum absolute atomic E-state index is 5.90. The number of anilines is 1. The van der Waals surface area contributed by atoms with Crippen LogP contribution in [0.1, 0.15) is 10.6 Å². The van der Waals surface area contributed by atoms with Gasteiger partial charge in [0.25, 0.3) is 0 Å². The number of alkyl halides is 1. The van der Waals surface area contributed by atoms with Crippen molar-refractivity contribution in [2.45, 2.75) is 4.95 Å². The van der Waals surface area contributed by atoms with Gasteiger partial charge >= 0.3 is 0 Å². The van der Waals surface area contributed by atoms with Crippen LogP contribution in [0.4, 0.5) is 5.69 Å². The van der Waals surface area contributed by atoms with Crippen LogP contribution in [0.25, 0.3) is 0 Å². The van der Waals surface area contributed by atoms with Crippen LogP contribution in [-0.2, 0) is 0 Å². The fraction of sp³-hybridized carbons (Fsp3) is 0.333. The van der Waals surface area contributed by atoms with Gasteiger partial charge in [0, 0.05) is 7.05 Å². The first-order chi connectivity index (χ1) is 6.09. The van der Waals surface area contributed by atoms with Crippen molar-refractivity contribution in [1.29, 1.82) is 0 Å². The lowest BCUT2D eigenvalue weighted by Gasteiger charge is -2.11. The topological polar surface area (TPSA) is 41.0 Å². The van der Waals surface area contributed by atoms with Crippen LogP contribution in [-0.4, -0.2) is 17.0 Å². The molecule has 1 N–H and O–H groups in total. The second kappa shape index (κ2) is 3.24. The largest absolute Gasteiger partial charge is 0.305 e. The van der Waals surface area contributed by atoms with Crippen molar-refractivity contribution in [2.24, 2.45) is 0 Å². The Morgan fingerprint density at radius 1 is 1.46 bits per heavy atom. The zero-order valence-corrected chi connectivity index (χ0v) is 9.65. The molecule has 1 aliphatic heterocycles. The number of nitrogens with zero attached hydrogens (tertiary/aromatic N) is 3. The molecule has 7 heteroatoms. The van der Waals surface area contributed by atoms with E-state index in [1.165, 1.54) is 0 Å². The highest BCUT2D eigenvalue weighted by Gasteiger charge is 2.29. The third kappa shape index (κ3) is 1.50. The number of aromatic nitrogens is 2. The first-order valence-electron chi connectivity index (χ1n) is 3.46. The molecular weight excluding hydrogens is 279 g/mol. The molecule has 1 aliphatic rings. The molecule has 70 valence electrons. The minimum Gasteiger partial charge on any atom is -0.305 e. The van der Waals surface area contributed by atoms with Crippen molar-refractivity contribution in [2.75, 3.05) is 12.1 Å². The van der Waals surface area contributed by atoms with Gasteiger partial charge in [0.1, 0.15) is 16.3 Å². The van der Waals surface area contributed by atoms with Crippen molar-refractivity contribution >= 4 is 44.8 Å². The van der Waals surface area contributed by atoms with E-state index in [4.69, 9.17) is 23.2 Å². The summed E-state index contributed by atoms with van der Waals surface area (Å²) in [6, 6.07) is 0. The van der Waals surface area contributed by atoms with Crippen molar-refractivity contribution in [3.63, 3.8) is 0 Å². The van der Waals surface area contributed by atoms with Crippen LogP contribution < -0.4 is 10.4 Å². The number of fused-ring (bicyclic) bond motifs is 1. The Morgan fingerprint density at radius 3 is 2.85 bits per heavy atom. The molecule has 1 atom stereocenters. The summed E-state index contributed by atoms with van der Waals surface area (Å²) in [5, 5.41) is 2.27. The molecule has 4 nitrogen and oxygen atoms in total. The zero-order valence-electron chi connectivity index (χ0n) is 6.55. The normalized spacial score (nSPS) is 20.6. The minimum absolute atomic E-state index is 0.0644. The molecule has 0 fully saturated rings. The summed E-state index contributed by atoms with van der Waals surface area (Å²) in [4.78, 5) is 7.85. The van der Waals surface area contributed by atoms with Gasteiger partial charge in [-0.25, -0.2) is 15.4 Å². The molecule has 1 aromatic rings. The molecule has 0 aliphatic carbocycles. The highest BCUT2D eigenvalue weighted by atomic mass is 79.9. The molecule has 2 rings (SSSR count). The molecule has 0 aromatic carbocycles. The molecule has 0 bridgehead atoms. The van der Waals surface area contributed by atoms with Gasteiger partial charge in [-0.3, -0.25) is 0 Å². The van der Waals surface area contributed by atoms with E-state index in [2.05, 4.69) is 31.3 Å². The molecule has 0 radical (unpaired) electrons. The minimum atomic E-state index is -0.0644. The van der Waals surface area contributed by atoms with Crippen LogP contribution in [0.2, 0.25) is 10.4 Å². The molecular formula is C6H5BrCl2N4. The number of hydrogen-bond acceptors (Lipinski definition) is 4. The van der Waals surface area contributed by atoms with Gasteiger partial charge in [-0.2, -0.15) is 0 Å². The summed E-state index contributed by atoms with van der Waals surface area (Å²) in [5.74, 6) is 0. The lowest BCUT2D eigenvalue weighted by Crippen LogP contribution is -2.28. The molecule has 1 unspecified atom stereocenters.